The number of rotatable bonds is 4. The lowest BCUT2D eigenvalue weighted by molar-refractivity contribution is -0.149. The summed E-state index contributed by atoms with van der Waals surface area (Å²) in [5, 5.41) is 0. The van der Waals surface area contributed by atoms with E-state index < -0.39 is 6.10 Å². The summed E-state index contributed by atoms with van der Waals surface area (Å²) >= 11 is 0. The lowest BCUT2D eigenvalue weighted by Crippen LogP contribution is -2.15. The van der Waals surface area contributed by atoms with E-state index in [1.54, 1.807) is 6.92 Å². The molecule has 1 aromatic rings. The van der Waals surface area contributed by atoms with Crippen LogP contribution in [-0.4, -0.2) is 15.9 Å². The first-order valence-corrected chi connectivity index (χ1v) is 4.88. The van der Waals surface area contributed by atoms with Gasteiger partial charge in [-0.2, -0.15) is 0 Å². The molecular weight excluding hydrogens is 196 g/mol. The zero-order valence-corrected chi connectivity index (χ0v) is 8.82. The molecule has 0 saturated carbocycles. The molecule has 0 spiro atoms. The first kappa shape index (κ1) is 11.4. The van der Waals surface area contributed by atoms with Gasteiger partial charge in [0.2, 0.25) is 0 Å². The van der Waals surface area contributed by atoms with Crippen molar-refractivity contribution < 1.29 is 9.53 Å². The van der Waals surface area contributed by atoms with Gasteiger partial charge in [-0.05, 0) is 13.3 Å². The van der Waals surface area contributed by atoms with Gasteiger partial charge in [0.15, 0.2) is 6.10 Å². The standard InChI is InChI=1S/C10H14N2O3/c1-3-4-9(14)15-7(2)10-11-6-5-8(13)12-10/h5-7H,3-4H2,1-2H3,(H,11,12,13). The smallest absolute Gasteiger partial charge is 0.306 e. The second-order valence-electron chi connectivity index (χ2n) is 3.20. The highest BCUT2D eigenvalue weighted by Gasteiger charge is 2.12. The summed E-state index contributed by atoms with van der Waals surface area (Å²) in [5.41, 5.74) is -0.251. The van der Waals surface area contributed by atoms with E-state index in [1.807, 2.05) is 6.92 Å². The van der Waals surface area contributed by atoms with Crippen LogP contribution in [0.25, 0.3) is 0 Å². The molecule has 1 heterocycles. The van der Waals surface area contributed by atoms with Crippen LogP contribution in [0.5, 0.6) is 0 Å². The Labute approximate surface area is 87.5 Å². The van der Waals surface area contributed by atoms with Crippen molar-refractivity contribution in [1.82, 2.24) is 9.97 Å². The van der Waals surface area contributed by atoms with E-state index in [4.69, 9.17) is 4.74 Å². The number of H-pyrrole nitrogens is 1. The fourth-order valence-corrected chi connectivity index (χ4v) is 1.11. The number of hydrogen-bond acceptors (Lipinski definition) is 4. The summed E-state index contributed by atoms with van der Waals surface area (Å²) in [6.45, 7) is 3.57. The molecule has 0 amide bonds. The van der Waals surface area contributed by atoms with Crippen molar-refractivity contribution >= 4 is 5.97 Å². The summed E-state index contributed by atoms with van der Waals surface area (Å²) in [6.07, 6.45) is 1.99. The second kappa shape index (κ2) is 5.29. The molecule has 0 bridgehead atoms. The van der Waals surface area contributed by atoms with Crippen LogP contribution < -0.4 is 5.56 Å². The van der Waals surface area contributed by atoms with Crippen LogP contribution >= 0.6 is 0 Å². The number of nitrogens with one attached hydrogen (secondary N) is 1. The van der Waals surface area contributed by atoms with E-state index in [2.05, 4.69) is 9.97 Å². The average Bonchev–Trinajstić information content (AvgIpc) is 2.18. The number of esters is 1. The van der Waals surface area contributed by atoms with Crippen LogP contribution in [0.15, 0.2) is 17.1 Å². The molecule has 1 N–H and O–H groups in total. The lowest BCUT2D eigenvalue weighted by atomic mass is 10.3. The number of ether oxygens (including phenoxy) is 1. The van der Waals surface area contributed by atoms with Crippen molar-refractivity contribution in [3.63, 3.8) is 0 Å². The highest BCUT2D eigenvalue weighted by molar-refractivity contribution is 5.69. The van der Waals surface area contributed by atoms with Gasteiger partial charge in [0, 0.05) is 18.7 Å². The van der Waals surface area contributed by atoms with E-state index >= 15 is 0 Å². The highest BCUT2D eigenvalue weighted by Crippen LogP contribution is 2.11. The van der Waals surface area contributed by atoms with Gasteiger partial charge in [0.05, 0.1) is 0 Å². The molecule has 0 aliphatic rings. The van der Waals surface area contributed by atoms with Crippen molar-refractivity contribution in [2.45, 2.75) is 32.8 Å². The molecule has 0 aromatic carbocycles. The largest absolute Gasteiger partial charge is 0.454 e. The van der Waals surface area contributed by atoms with Crippen molar-refractivity contribution in [2.24, 2.45) is 0 Å². The van der Waals surface area contributed by atoms with E-state index in [0.29, 0.717) is 12.2 Å². The van der Waals surface area contributed by atoms with Crippen molar-refractivity contribution in [3.05, 3.63) is 28.4 Å². The number of nitrogens with zero attached hydrogens (tertiary/aromatic N) is 1. The van der Waals surface area contributed by atoms with Crippen LogP contribution in [0.1, 0.15) is 38.6 Å². The Morgan fingerprint density at radius 3 is 3.00 bits per heavy atom. The first-order valence-electron chi connectivity index (χ1n) is 4.88. The van der Waals surface area contributed by atoms with Crippen molar-refractivity contribution in [1.29, 1.82) is 0 Å². The maximum atomic E-state index is 11.2. The Bertz CT molecular complexity index is 386. The van der Waals surface area contributed by atoms with Gasteiger partial charge in [-0.25, -0.2) is 4.98 Å². The van der Waals surface area contributed by atoms with Crippen LogP contribution in [0, 0.1) is 0 Å². The Kier molecular flexibility index (Phi) is 4.03. The fourth-order valence-electron chi connectivity index (χ4n) is 1.11. The minimum Gasteiger partial charge on any atom is -0.454 e. The molecule has 0 radical (unpaired) electrons. The maximum Gasteiger partial charge on any atom is 0.306 e. The predicted octanol–water partition coefficient (Wildman–Crippen LogP) is 1.17. The summed E-state index contributed by atoms with van der Waals surface area (Å²) in [6, 6.07) is 1.31. The third-order valence-corrected chi connectivity index (χ3v) is 1.84. The maximum absolute atomic E-state index is 11.2. The molecule has 1 unspecified atom stereocenters. The molecule has 0 saturated heterocycles. The van der Waals surface area contributed by atoms with Crippen LogP contribution in [0.3, 0.4) is 0 Å². The normalized spacial score (nSPS) is 12.1. The Hall–Kier alpha value is -1.65. The zero-order valence-electron chi connectivity index (χ0n) is 8.82. The Morgan fingerprint density at radius 2 is 2.40 bits per heavy atom. The summed E-state index contributed by atoms with van der Waals surface area (Å²) in [7, 11) is 0. The van der Waals surface area contributed by atoms with Crippen LogP contribution in [0.2, 0.25) is 0 Å². The Balaban J connectivity index is 2.64. The minimum atomic E-state index is -0.516. The molecule has 5 heteroatoms. The minimum absolute atomic E-state index is 0.251. The second-order valence-corrected chi connectivity index (χ2v) is 3.20. The highest BCUT2D eigenvalue weighted by atomic mass is 16.5. The average molecular weight is 210 g/mol. The van der Waals surface area contributed by atoms with Gasteiger partial charge in [-0.15, -0.1) is 0 Å². The van der Waals surface area contributed by atoms with E-state index in [9.17, 15) is 9.59 Å². The lowest BCUT2D eigenvalue weighted by Gasteiger charge is -2.11. The summed E-state index contributed by atoms with van der Waals surface area (Å²) < 4.78 is 5.06. The summed E-state index contributed by atoms with van der Waals surface area (Å²) in [5.74, 6) is 0.0865. The van der Waals surface area contributed by atoms with Crippen molar-refractivity contribution in [2.75, 3.05) is 0 Å². The van der Waals surface area contributed by atoms with E-state index in [0.717, 1.165) is 6.42 Å². The quantitative estimate of drug-likeness (QED) is 0.757. The topological polar surface area (TPSA) is 72.0 Å². The fraction of sp³-hybridized carbons (Fsp3) is 0.500. The van der Waals surface area contributed by atoms with E-state index in [1.165, 1.54) is 12.3 Å². The Morgan fingerprint density at radius 1 is 1.67 bits per heavy atom. The first-order chi connectivity index (χ1) is 7.13. The van der Waals surface area contributed by atoms with Crippen LogP contribution in [-0.2, 0) is 9.53 Å². The molecule has 15 heavy (non-hydrogen) atoms. The molecular formula is C10H14N2O3. The van der Waals surface area contributed by atoms with E-state index in [-0.39, 0.29) is 11.5 Å². The molecule has 1 atom stereocenters. The number of carbonyl (C=O) groups excluding carboxylic acids is 1. The van der Waals surface area contributed by atoms with Crippen molar-refractivity contribution in [3.8, 4) is 0 Å². The molecule has 0 aliphatic heterocycles. The molecule has 82 valence electrons. The molecule has 0 aliphatic carbocycles. The SMILES string of the molecule is CCCC(=O)OC(C)c1nccc(=O)[nH]1. The van der Waals surface area contributed by atoms with Gasteiger partial charge >= 0.3 is 5.97 Å². The number of aromatic amines is 1. The predicted molar refractivity (Wildman–Crippen MR) is 54.3 cm³/mol. The zero-order chi connectivity index (χ0) is 11.3. The monoisotopic (exact) mass is 210 g/mol. The molecule has 1 rings (SSSR count). The molecule has 5 nitrogen and oxygen atoms in total. The summed E-state index contributed by atoms with van der Waals surface area (Å²) in [4.78, 5) is 28.6. The number of carbonyl (C=O) groups is 1. The third kappa shape index (κ3) is 3.53. The number of aromatic nitrogens is 2. The molecule has 0 fully saturated rings. The third-order valence-electron chi connectivity index (χ3n) is 1.84. The van der Waals surface area contributed by atoms with Gasteiger partial charge < -0.3 is 9.72 Å². The van der Waals surface area contributed by atoms with Gasteiger partial charge in [-0.1, -0.05) is 6.92 Å². The van der Waals surface area contributed by atoms with Gasteiger partial charge in [-0.3, -0.25) is 9.59 Å². The van der Waals surface area contributed by atoms with Gasteiger partial charge in [0.1, 0.15) is 5.82 Å². The van der Waals surface area contributed by atoms with Crippen LogP contribution in [0.4, 0.5) is 0 Å². The number of hydrogen-bond donors (Lipinski definition) is 1. The van der Waals surface area contributed by atoms with Gasteiger partial charge in [0.25, 0.3) is 5.56 Å². The molecule has 1 aromatic heterocycles.